The third kappa shape index (κ3) is 3.49. The summed E-state index contributed by atoms with van der Waals surface area (Å²) in [5.41, 5.74) is 0. The summed E-state index contributed by atoms with van der Waals surface area (Å²) in [7, 11) is 0. The van der Waals surface area contributed by atoms with E-state index in [1.54, 1.807) is 11.8 Å². The van der Waals surface area contributed by atoms with Crippen molar-refractivity contribution in [2.45, 2.75) is 31.3 Å². The summed E-state index contributed by atoms with van der Waals surface area (Å²) in [6, 6.07) is 1.99. The maximum Gasteiger partial charge on any atom is 0.191 e. The monoisotopic (exact) mass is 252 g/mol. The third-order valence-corrected chi connectivity index (χ3v) is 3.59. The average Bonchev–Trinajstić information content (AvgIpc) is 2.27. The standard InChI is InChI=1S/C12H20N4S/c1-3-13-10-7-11(16-12(15-10)17-2)14-8-9-5-4-6-9/h7,9H,3-6,8H2,1-2H3,(H2,13,14,15,16). The van der Waals surface area contributed by atoms with Gasteiger partial charge in [-0.15, -0.1) is 0 Å². The summed E-state index contributed by atoms with van der Waals surface area (Å²) in [5, 5.41) is 7.47. The first kappa shape index (κ1) is 12.5. The van der Waals surface area contributed by atoms with Crippen LogP contribution in [0.1, 0.15) is 26.2 Å². The first-order valence-electron chi connectivity index (χ1n) is 6.22. The Morgan fingerprint density at radius 2 is 2.00 bits per heavy atom. The van der Waals surface area contributed by atoms with E-state index in [4.69, 9.17) is 0 Å². The highest BCUT2D eigenvalue weighted by Gasteiger charge is 2.17. The summed E-state index contributed by atoms with van der Waals surface area (Å²) in [6.07, 6.45) is 6.09. The largest absolute Gasteiger partial charge is 0.370 e. The average molecular weight is 252 g/mol. The van der Waals surface area contributed by atoms with Crippen LogP contribution in [0.5, 0.6) is 0 Å². The van der Waals surface area contributed by atoms with E-state index < -0.39 is 0 Å². The SMILES string of the molecule is CCNc1cc(NCC2CCC2)nc(SC)n1. The van der Waals surface area contributed by atoms with E-state index >= 15 is 0 Å². The number of nitrogens with zero attached hydrogens (tertiary/aromatic N) is 2. The van der Waals surface area contributed by atoms with Gasteiger partial charge in [-0.3, -0.25) is 0 Å². The van der Waals surface area contributed by atoms with Gasteiger partial charge in [0, 0.05) is 19.2 Å². The Bertz CT molecular complexity index is 366. The molecule has 0 spiro atoms. The molecule has 0 bridgehead atoms. The summed E-state index contributed by atoms with van der Waals surface area (Å²) < 4.78 is 0. The van der Waals surface area contributed by atoms with Gasteiger partial charge in [-0.05, 0) is 31.9 Å². The molecule has 2 N–H and O–H groups in total. The lowest BCUT2D eigenvalue weighted by Gasteiger charge is -2.25. The fraction of sp³-hybridized carbons (Fsp3) is 0.667. The Kier molecular flexibility index (Phi) is 4.48. The Labute approximate surface area is 107 Å². The van der Waals surface area contributed by atoms with Crippen molar-refractivity contribution in [1.82, 2.24) is 9.97 Å². The molecule has 0 aromatic carbocycles. The predicted molar refractivity (Wildman–Crippen MR) is 73.8 cm³/mol. The molecule has 1 saturated carbocycles. The number of rotatable bonds is 6. The van der Waals surface area contributed by atoms with Gasteiger partial charge >= 0.3 is 0 Å². The molecule has 1 aliphatic carbocycles. The number of hydrogen-bond donors (Lipinski definition) is 2. The molecule has 0 aliphatic heterocycles. The van der Waals surface area contributed by atoms with Crippen molar-refractivity contribution in [3.05, 3.63) is 6.07 Å². The molecule has 5 heteroatoms. The Hall–Kier alpha value is -0.970. The fourth-order valence-corrected chi connectivity index (χ4v) is 2.20. The van der Waals surface area contributed by atoms with E-state index in [-0.39, 0.29) is 0 Å². The second-order valence-electron chi connectivity index (χ2n) is 4.33. The highest BCUT2D eigenvalue weighted by atomic mass is 32.2. The minimum Gasteiger partial charge on any atom is -0.370 e. The van der Waals surface area contributed by atoms with Crippen molar-refractivity contribution in [1.29, 1.82) is 0 Å². The van der Waals surface area contributed by atoms with Gasteiger partial charge in [-0.25, -0.2) is 9.97 Å². The summed E-state index contributed by atoms with van der Waals surface area (Å²) in [6.45, 7) is 3.99. The van der Waals surface area contributed by atoms with Gasteiger partial charge in [0.05, 0.1) is 0 Å². The van der Waals surface area contributed by atoms with Gasteiger partial charge in [-0.1, -0.05) is 18.2 Å². The van der Waals surface area contributed by atoms with E-state index in [0.717, 1.165) is 35.8 Å². The molecule has 0 saturated heterocycles. The zero-order chi connectivity index (χ0) is 12.1. The summed E-state index contributed by atoms with van der Waals surface area (Å²) in [4.78, 5) is 8.87. The molecule has 0 amide bonds. The maximum atomic E-state index is 4.47. The molecule has 1 aromatic heterocycles. The van der Waals surface area contributed by atoms with Crippen LogP contribution >= 0.6 is 11.8 Å². The van der Waals surface area contributed by atoms with Crippen molar-refractivity contribution in [3.63, 3.8) is 0 Å². The van der Waals surface area contributed by atoms with Crippen molar-refractivity contribution < 1.29 is 0 Å². The second-order valence-corrected chi connectivity index (χ2v) is 5.11. The molecule has 1 fully saturated rings. The number of nitrogens with one attached hydrogen (secondary N) is 2. The van der Waals surface area contributed by atoms with Gasteiger partial charge in [-0.2, -0.15) is 0 Å². The van der Waals surface area contributed by atoms with Crippen LogP contribution in [0.2, 0.25) is 0 Å². The van der Waals surface area contributed by atoms with Gasteiger partial charge in [0.2, 0.25) is 0 Å². The summed E-state index contributed by atoms with van der Waals surface area (Å²) in [5.74, 6) is 2.68. The molecule has 1 heterocycles. The third-order valence-electron chi connectivity index (χ3n) is 3.04. The lowest BCUT2D eigenvalue weighted by molar-refractivity contribution is 0.333. The van der Waals surface area contributed by atoms with Crippen LogP contribution < -0.4 is 10.6 Å². The molecular weight excluding hydrogens is 232 g/mol. The molecule has 0 unspecified atom stereocenters. The van der Waals surface area contributed by atoms with E-state index in [0.29, 0.717) is 0 Å². The minimum absolute atomic E-state index is 0.819. The lowest BCUT2D eigenvalue weighted by Crippen LogP contribution is -2.21. The molecule has 1 aromatic rings. The van der Waals surface area contributed by atoms with Gasteiger partial charge in [0.15, 0.2) is 5.16 Å². The molecule has 4 nitrogen and oxygen atoms in total. The first-order chi connectivity index (χ1) is 8.31. The molecule has 17 heavy (non-hydrogen) atoms. The van der Waals surface area contributed by atoms with E-state index in [9.17, 15) is 0 Å². The Morgan fingerprint density at radius 3 is 2.53 bits per heavy atom. The van der Waals surface area contributed by atoms with E-state index in [1.165, 1.54) is 19.3 Å². The zero-order valence-electron chi connectivity index (χ0n) is 10.5. The van der Waals surface area contributed by atoms with Crippen molar-refractivity contribution >= 4 is 23.4 Å². The van der Waals surface area contributed by atoms with Crippen LogP contribution in [0.15, 0.2) is 11.2 Å². The quantitative estimate of drug-likeness (QED) is 0.602. The predicted octanol–water partition coefficient (Wildman–Crippen LogP) is 2.84. The van der Waals surface area contributed by atoms with Crippen molar-refractivity contribution in [2.24, 2.45) is 5.92 Å². The van der Waals surface area contributed by atoms with E-state index in [2.05, 4.69) is 27.5 Å². The lowest BCUT2D eigenvalue weighted by atomic mass is 9.85. The van der Waals surface area contributed by atoms with Crippen LogP contribution in [0.3, 0.4) is 0 Å². The number of aromatic nitrogens is 2. The van der Waals surface area contributed by atoms with E-state index in [1.807, 2.05) is 12.3 Å². The van der Waals surface area contributed by atoms with Gasteiger partial charge in [0.1, 0.15) is 11.6 Å². The molecule has 2 rings (SSSR count). The summed E-state index contributed by atoms with van der Waals surface area (Å²) >= 11 is 1.57. The Balaban J connectivity index is 2.00. The normalized spacial score (nSPS) is 15.4. The topological polar surface area (TPSA) is 49.8 Å². The van der Waals surface area contributed by atoms with Crippen LogP contribution in [0.25, 0.3) is 0 Å². The van der Waals surface area contributed by atoms with Crippen LogP contribution in [-0.2, 0) is 0 Å². The maximum absolute atomic E-state index is 4.47. The molecule has 94 valence electrons. The van der Waals surface area contributed by atoms with Crippen LogP contribution in [-0.4, -0.2) is 29.3 Å². The number of anilines is 2. The Morgan fingerprint density at radius 1 is 1.29 bits per heavy atom. The smallest absolute Gasteiger partial charge is 0.191 e. The molecule has 1 aliphatic rings. The second kappa shape index (κ2) is 6.10. The van der Waals surface area contributed by atoms with Crippen molar-refractivity contribution in [2.75, 3.05) is 30.0 Å². The van der Waals surface area contributed by atoms with Crippen LogP contribution in [0.4, 0.5) is 11.6 Å². The molecular formula is C12H20N4S. The highest BCUT2D eigenvalue weighted by molar-refractivity contribution is 7.98. The zero-order valence-corrected chi connectivity index (χ0v) is 11.3. The van der Waals surface area contributed by atoms with Gasteiger partial charge < -0.3 is 10.6 Å². The molecule has 0 atom stereocenters. The van der Waals surface area contributed by atoms with Crippen molar-refractivity contribution in [3.8, 4) is 0 Å². The minimum atomic E-state index is 0.819. The number of hydrogen-bond acceptors (Lipinski definition) is 5. The number of thioether (sulfide) groups is 1. The highest BCUT2D eigenvalue weighted by Crippen LogP contribution is 2.26. The fourth-order valence-electron chi connectivity index (χ4n) is 1.82. The molecule has 0 radical (unpaired) electrons. The first-order valence-corrected chi connectivity index (χ1v) is 7.45. The van der Waals surface area contributed by atoms with Gasteiger partial charge in [0.25, 0.3) is 0 Å². The van der Waals surface area contributed by atoms with Crippen LogP contribution in [0, 0.1) is 5.92 Å².